The van der Waals surface area contributed by atoms with Crippen LogP contribution >= 0.6 is 12.0 Å². The molecule has 0 N–H and O–H groups in total. The molecule has 0 heterocycles. The lowest BCUT2D eigenvalue weighted by atomic mass is 10.3. The van der Waals surface area contributed by atoms with Crippen LogP contribution in [-0.4, -0.2) is 31.5 Å². The highest BCUT2D eigenvalue weighted by atomic mass is 32.3. The molecule has 0 spiro atoms. The Hall–Kier alpha value is -0.490. The Morgan fingerprint density at radius 3 is 1.89 bits per heavy atom. The lowest BCUT2D eigenvalue weighted by Gasteiger charge is -2.26. The number of hydrogen-bond acceptors (Lipinski definition) is 4. The second-order valence-corrected chi connectivity index (χ2v) is 5.22. The molecular formula is C6H5F7O3S2. The fraction of sp³-hybridized carbons (Fsp3) is 0.667. The summed E-state index contributed by atoms with van der Waals surface area (Å²) in [6.07, 6.45) is -5.78. The van der Waals surface area contributed by atoms with Crippen LogP contribution in [0.4, 0.5) is 30.7 Å². The highest BCUT2D eigenvalue weighted by Crippen LogP contribution is 2.49. The van der Waals surface area contributed by atoms with Gasteiger partial charge in [0.05, 0.1) is 0 Å². The van der Waals surface area contributed by atoms with E-state index >= 15 is 0 Å². The maximum atomic E-state index is 12.7. The third-order valence-electron chi connectivity index (χ3n) is 1.36. The van der Waals surface area contributed by atoms with Gasteiger partial charge in [0.15, 0.2) is 0 Å². The van der Waals surface area contributed by atoms with E-state index in [1.54, 1.807) is 0 Å². The van der Waals surface area contributed by atoms with Gasteiger partial charge in [0.2, 0.25) is 0 Å². The van der Waals surface area contributed by atoms with E-state index in [1.165, 1.54) is 0 Å². The molecule has 0 fully saturated rings. The van der Waals surface area contributed by atoms with Crippen molar-refractivity contribution in [3.8, 4) is 0 Å². The molecule has 0 radical (unpaired) electrons. The van der Waals surface area contributed by atoms with Crippen LogP contribution in [0.1, 0.15) is 0 Å². The maximum absolute atomic E-state index is 12.7. The van der Waals surface area contributed by atoms with Crippen molar-refractivity contribution in [1.82, 2.24) is 0 Å². The van der Waals surface area contributed by atoms with E-state index in [0.717, 1.165) is 6.08 Å². The summed E-state index contributed by atoms with van der Waals surface area (Å²) in [6.45, 7) is 3.02. The molecule has 0 aromatic rings. The fourth-order valence-corrected chi connectivity index (χ4v) is 2.10. The summed E-state index contributed by atoms with van der Waals surface area (Å²) in [5, 5.41) is -6.44. The normalized spacial score (nSPS) is 14.6. The molecule has 0 bridgehead atoms. The molecule has 0 saturated carbocycles. The van der Waals surface area contributed by atoms with Crippen molar-refractivity contribution < 1.29 is 42.8 Å². The summed E-state index contributed by atoms with van der Waals surface area (Å²) in [4.78, 5) is 0. The molecule has 0 aromatic carbocycles. The van der Waals surface area contributed by atoms with E-state index in [1.807, 2.05) is 0 Å². The van der Waals surface area contributed by atoms with Gasteiger partial charge in [-0.1, -0.05) is 6.08 Å². The first-order chi connectivity index (χ1) is 7.81. The van der Waals surface area contributed by atoms with Gasteiger partial charge in [-0.15, -0.1) is 6.58 Å². The Labute approximate surface area is 101 Å². The van der Waals surface area contributed by atoms with E-state index in [2.05, 4.69) is 10.2 Å². The van der Waals surface area contributed by atoms with Crippen molar-refractivity contribution in [3.05, 3.63) is 12.7 Å². The van der Waals surface area contributed by atoms with Crippen LogP contribution in [0.2, 0.25) is 0 Å². The predicted octanol–water partition coefficient (Wildman–Crippen LogP) is 2.96. The first-order valence-electron chi connectivity index (χ1n) is 3.80. The Balaban J connectivity index is 5.31. The van der Waals surface area contributed by atoms with Crippen LogP contribution in [0.5, 0.6) is 0 Å². The molecule has 0 aliphatic carbocycles. The van der Waals surface area contributed by atoms with Crippen LogP contribution in [0.15, 0.2) is 12.7 Å². The van der Waals surface area contributed by atoms with Crippen LogP contribution in [-0.2, 0) is 13.7 Å². The average molecular weight is 322 g/mol. The molecule has 108 valence electrons. The van der Waals surface area contributed by atoms with Crippen molar-refractivity contribution in [1.29, 1.82) is 0 Å². The summed E-state index contributed by atoms with van der Waals surface area (Å²) < 4.78 is 110. The van der Waals surface area contributed by atoms with Gasteiger partial charge in [0.25, 0.3) is 0 Å². The van der Waals surface area contributed by atoms with E-state index in [-0.39, 0.29) is 12.0 Å². The Morgan fingerprint density at radius 2 is 1.56 bits per heavy atom. The zero-order chi connectivity index (χ0) is 14.8. The second-order valence-electron chi connectivity index (χ2n) is 2.68. The number of hydrogen-bond donors (Lipinski definition) is 0. The topological polar surface area (TPSA) is 43.4 Å². The van der Waals surface area contributed by atoms with Crippen LogP contribution in [0.3, 0.4) is 0 Å². The van der Waals surface area contributed by atoms with Crippen LogP contribution in [0, 0.1) is 0 Å². The fourth-order valence-electron chi connectivity index (χ4n) is 0.504. The van der Waals surface area contributed by atoms with Gasteiger partial charge in [-0.05, 0) is 0 Å². The standard InChI is InChI=1S/C6H5F7O3S2/c1-2-3-17-16-18(14,15)6(12,13)4(7,8)5(9,10)11/h2H,1,3H2. The van der Waals surface area contributed by atoms with Gasteiger partial charge in [0.1, 0.15) is 0 Å². The number of rotatable bonds is 6. The highest BCUT2D eigenvalue weighted by molar-refractivity contribution is 8.04. The molecule has 0 saturated heterocycles. The molecule has 0 unspecified atom stereocenters. The van der Waals surface area contributed by atoms with Crippen molar-refractivity contribution in [3.63, 3.8) is 0 Å². The molecule has 0 aromatic heterocycles. The minimum Gasteiger partial charge on any atom is -0.193 e. The van der Waals surface area contributed by atoms with Gasteiger partial charge in [-0.3, -0.25) is 0 Å². The lowest BCUT2D eigenvalue weighted by molar-refractivity contribution is -0.332. The Bertz CT molecular complexity index is 400. The van der Waals surface area contributed by atoms with Crippen molar-refractivity contribution in [2.45, 2.75) is 17.4 Å². The molecule has 0 atom stereocenters. The first-order valence-corrected chi connectivity index (χ1v) is 6.12. The third kappa shape index (κ3) is 3.09. The summed E-state index contributed by atoms with van der Waals surface area (Å²) in [5.74, 6) is -7.18. The molecular weight excluding hydrogens is 317 g/mol. The van der Waals surface area contributed by atoms with Gasteiger partial charge in [0, 0.05) is 17.8 Å². The smallest absolute Gasteiger partial charge is 0.193 e. The maximum Gasteiger partial charge on any atom is 0.461 e. The quantitative estimate of drug-likeness (QED) is 0.326. The minimum atomic E-state index is -6.77. The molecule has 0 amide bonds. The Kier molecular flexibility index (Phi) is 5.11. The van der Waals surface area contributed by atoms with E-state index in [9.17, 15) is 39.2 Å². The summed E-state index contributed by atoms with van der Waals surface area (Å²) in [6, 6.07) is 0. The predicted molar refractivity (Wildman–Crippen MR) is 48.6 cm³/mol. The van der Waals surface area contributed by atoms with Crippen molar-refractivity contribution in [2.75, 3.05) is 5.75 Å². The van der Waals surface area contributed by atoms with Crippen LogP contribution in [0.25, 0.3) is 0 Å². The molecule has 0 aliphatic heterocycles. The SMILES string of the molecule is C=CCSOS(=O)(=O)C(F)(F)C(F)(F)C(F)(F)F. The zero-order valence-electron chi connectivity index (χ0n) is 8.18. The summed E-state index contributed by atoms with van der Waals surface area (Å²) in [5.41, 5.74) is 0. The summed E-state index contributed by atoms with van der Waals surface area (Å²) >= 11 is -0.273. The Morgan fingerprint density at radius 1 is 1.11 bits per heavy atom. The largest absolute Gasteiger partial charge is 0.461 e. The average Bonchev–Trinajstić information content (AvgIpc) is 2.15. The lowest BCUT2D eigenvalue weighted by Crippen LogP contribution is -2.56. The number of halogens is 7. The van der Waals surface area contributed by atoms with Crippen molar-refractivity contribution >= 4 is 22.2 Å². The van der Waals surface area contributed by atoms with E-state index in [0.29, 0.717) is 0 Å². The third-order valence-corrected chi connectivity index (χ3v) is 3.72. The van der Waals surface area contributed by atoms with Gasteiger partial charge in [-0.2, -0.15) is 42.8 Å². The van der Waals surface area contributed by atoms with Gasteiger partial charge in [-0.25, -0.2) is 0 Å². The molecule has 3 nitrogen and oxygen atoms in total. The minimum absolute atomic E-state index is 0.273. The molecule has 12 heteroatoms. The molecule has 0 rings (SSSR count). The zero-order valence-corrected chi connectivity index (χ0v) is 9.81. The highest BCUT2D eigenvalue weighted by Gasteiger charge is 2.79. The van der Waals surface area contributed by atoms with Gasteiger partial charge < -0.3 is 0 Å². The van der Waals surface area contributed by atoms with Crippen LogP contribution < -0.4 is 0 Å². The summed E-state index contributed by atoms with van der Waals surface area (Å²) in [7, 11) is -6.46. The first kappa shape index (κ1) is 17.5. The van der Waals surface area contributed by atoms with E-state index < -0.39 is 33.2 Å². The molecule has 18 heavy (non-hydrogen) atoms. The van der Waals surface area contributed by atoms with Crippen molar-refractivity contribution in [2.24, 2.45) is 0 Å². The number of alkyl halides is 7. The monoisotopic (exact) mass is 322 g/mol. The van der Waals surface area contributed by atoms with Gasteiger partial charge >= 0.3 is 27.5 Å². The molecule has 0 aliphatic rings. The van der Waals surface area contributed by atoms with E-state index in [4.69, 9.17) is 0 Å². The second kappa shape index (κ2) is 5.25.